The topological polar surface area (TPSA) is 40.6 Å². The molecule has 0 saturated carbocycles. The number of anilines is 1. The highest BCUT2D eigenvalue weighted by Crippen LogP contribution is 2.33. The van der Waals surface area contributed by atoms with E-state index in [0.29, 0.717) is 18.7 Å². The van der Waals surface area contributed by atoms with Crippen LogP contribution < -0.4 is 4.90 Å². The molecule has 1 atom stereocenters. The molecule has 4 nitrogen and oxygen atoms in total. The van der Waals surface area contributed by atoms with Crippen molar-refractivity contribution in [2.45, 2.75) is 32.4 Å². The number of aryl methyl sites for hydroxylation is 1. The summed E-state index contributed by atoms with van der Waals surface area (Å²) in [7, 11) is 0. The zero-order chi connectivity index (χ0) is 16.7. The lowest BCUT2D eigenvalue weighted by Gasteiger charge is -2.26. The molecule has 4 rings (SSSR count). The van der Waals surface area contributed by atoms with Crippen LogP contribution in [-0.4, -0.2) is 29.3 Å². The van der Waals surface area contributed by atoms with E-state index < -0.39 is 0 Å². The number of benzene rings is 2. The Bertz CT molecular complexity index is 798. The minimum absolute atomic E-state index is 0.0205. The van der Waals surface area contributed by atoms with Crippen molar-refractivity contribution in [1.29, 1.82) is 0 Å². The first-order valence-electron chi connectivity index (χ1n) is 8.42. The Hall–Kier alpha value is -2.62. The van der Waals surface area contributed by atoms with Crippen LogP contribution in [0.15, 0.2) is 48.5 Å². The van der Waals surface area contributed by atoms with Crippen molar-refractivity contribution in [2.24, 2.45) is 0 Å². The quantitative estimate of drug-likeness (QED) is 0.853. The molecule has 2 aliphatic heterocycles. The van der Waals surface area contributed by atoms with Gasteiger partial charge in [0, 0.05) is 6.54 Å². The number of fused-ring (bicyclic) bond motifs is 2. The van der Waals surface area contributed by atoms with E-state index in [2.05, 4.69) is 12.1 Å². The van der Waals surface area contributed by atoms with E-state index in [1.165, 1.54) is 5.56 Å². The van der Waals surface area contributed by atoms with Crippen LogP contribution in [0.4, 0.5) is 5.69 Å². The van der Waals surface area contributed by atoms with Gasteiger partial charge in [0.25, 0.3) is 5.91 Å². The molecule has 122 valence electrons. The second-order valence-electron chi connectivity index (χ2n) is 6.58. The van der Waals surface area contributed by atoms with Crippen molar-refractivity contribution in [1.82, 2.24) is 4.90 Å². The van der Waals surface area contributed by atoms with Gasteiger partial charge in [-0.05, 0) is 37.5 Å². The van der Waals surface area contributed by atoms with E-state index in [1.54, 1.807) is 9.80 Å². The molecule has 1 saturated heterocycles. The standard InChI is InChI=1S/C20H20N2O2/c1-14-8-10-15(11-9-14)13-22-17-6-3-2-5-16(17)19(23)21-12-4-7-18(21)20(22)24/h2-3,5-6,8-11,18H,4,7,12-13H2,1H3/t18-/m0/s1. The average molecular weight is 320 g/mol. The molecule has 0 unspecified atom stereocenters. The normalized spacial score (nSPS) is 20.0. The maximum atomic E-state index is 13.1. The molecule has 0 radical (unpaired) electrons. The number of carbonyl (C=O) groups excluding carboxylic acids is 2. The van der Waals surface area contributed by atoms with Gasteiger partial charge in [0.2, 0.25) is 5.91 Å². The molecule has 1 fully saturated rings. The first kappa shape index (κ1) is 14.9. The van der Waals surface area contributed by atoms with Gasteiger partial charge in [0.15, 0.2) is 0 Å². The van der Waals surface area contributed by atoms with E-state index in [4.69, 9.17) is 0 Å². The van der Waals surface area contributed by atoms with Crippen molar-refractivity contribution in [3.05, 3.63) is 65.2 Å². The fraction of sp³-hybridized carbons (Fsp3) is 0.300. The van der Waals surface area contributed by atoms with Crippen molar-refractivity contribution in [3.63, 3.8) is 0 Å². The molecule has 0 spiro atoms. The number of carbonyl (C=O) groups is 2. The van der Waals surface area contributed by atoms with E-state index in [9.17, 15) is 9.59 Å². The molecule has 2 heterocycles. The van der Waals surface area contributed by atoms with E-state index in [0.717, 1.165) is 24.1 Å². The fourth-order valence-electron chi connectivity index (χ4n) is 3.65. The van der Waals surface area contributed by atoms with Gasteiger partial charge < -0.3 is 9.80 Å². The van der Waals surface area contributed by atoms with E-state index >= 15 is 0 Å². The zero-order valence-electron chi connectivity index (χ0n) is 13.7. The molecule has 0 aliphatic carbocycles. The molecule has 2 aromatic rings. The maximum Gasteiger partial charge on any atom is 0.256 e. The van der Waals surface area contributed by atoms with Gasteiger partial charge in [-0.2, -0.15) is 0 Å². The molecule has 0 bridgehead atoms. The molecule has 4 heteroatoms. The molecular formula is C20H20N2O2. The largest absolute Gasteiger partial charge is 0.327 e. The minimum atomic E-state index is -0.324. The second-order valence-corrected chi connectivity index (χ2v) is 6.58. The van der Waals surface area contributed by atoms with Crippen molar-refractivity contribution >= 4 is 17.5 Å². The molecule has 0 aromatic heterocycles. The van der Waals surface area contributed by atoms with Crippen LogP contribution in [0.3, 0.4) is 0 Å². The van der Waals surface area contributed by atoms with Gasteiger partial charge >= 0.3 is 0 Å². The second kappa shape index (κ2) is 5.78. The summed E-state index contributed by atoms with van der Waals surface area (Å²) in [6.07, 6.45) is 1.64. The Morgan fingerprint density at radius 2 is 1.79 bits per heavy atom. The highest BCUT2D eigenvalue weighted by atomic mass is 16.2. The van der Waals surface area contributed by atoms with Crippen molar-refractivity contribution < 1.29 is 9.59 Å². The van der Waals surface area contributed by atoms with Crippen molar-refractivity contribution in [2.75, 3.05) is 11.4 Å². The number of hydrogen-bond donors (Lipinski definition) is 0. The number of nitrogens with zero attached hydrogens (tertiary/aromatic N) is 2. The summed E-state index contributed by atoms with van der Waals surface area (Å²) < 4.78 is 0. The Morgan fingerprint density at radius 1 is 1.04 bits per heavy atom. The first-order chi connectivity index (χ1) is 11.6. The summed E-state index contributed by atoms with van der Waals surface area (Å²) in [6, 6.07) is 15.3. The van der Waals surface area contributed by atoms with Crippen LogP contribution in [-0.2, 0) is 11.3 Å². The smallest absolute Gasteiger partial charge is 0.256 e. The molecule has 24 heavy (non-hydrogen) atoms. The molecule has 2 aromatic carbocycles. The van der Waals surface area contributed by atoms with Gasteiger partial charge in [-0.25, -0.2) is 0 Å². The van der Waals surface area contributed by atoms with Gasteiger partial charge in [-0.3, -0.25) is 9.59 Å². The Balaban J connectivity index is 1.78. The van der Waals surface area contributed by atoms with Crippen LogP contribution in [0.5, 0.6) is 0 Å². The van der Waals surface area contributed by atoms with Crippen LogP contribution in [0, 0.1) is 6.92 Å². The lowest BCUT2D eigenvalue weighted by molar-refractivity contribution is -0.122. The molecule has 2 aliphatic rings. The summed E-state index contributed by atoms with van der Waals surface area (Å²) in [4.78, 5) is 29.5. The number of amides is 2. The van der Waals surface area contributed by atoms with Gasteiger partial charge in [0.05, 0.1) is 17.8 Å². The first-order valence-corrected chi connectivity index (χ1v) is 8.42. The number of para-hydroxylation sites is 1. The molecule has 2 amide bonds. The van der Waals surface area contributed by atoms with Crippen LogP contribution in [0.1, 0.15) is 34.3 Å². The third-order valence-corrected chi connectivity index (χ3v) is 4.95. The fourth-order valence-corrected chi connectivity index (χ4v) is 3.65. The van der Waals surface area contributed by atoms with E-state index in [-0.39, 0.29) is 17.9 Å². The zero-order valence-corrected chi connectivity index (χ0v) is 13.7. The Kier molecular flexibility index (Phi) is 3.60. The third-order valence-electron chi connectivity index (χ3n) is 4.95. The summed E-state index contributed by atoms with van der Waals surface area (Å²) in [5, 5.41) is 0. The SMILES string of the molecule is Cc1ccc(CN2C(=O)[C@@H]3CCCN3C(=O)c3ccccc32)cc1. The van der Waals surface area contributed by atoms with Gasteiger partial charge in [-0.1, -0.05) is 42.0 Å². The molecule has 0 N–H and O–H groups in total. The Labute approximate surface area is 141 Å². The predicted molar refractivity (Wildman–Crippen MR) is 92.9 cm³/mol. The summed E-state index contributed by atoms with van der Waals surface area (Å²) in [5.74, 6) is 0.0132. The highest BCUT2D eigenvalue weighted by molar-refractivity contribution is 6.11. The van der Waals surface area contributed by atoms with Gasteiger partial charge in [0.1, 0.15) is 6.04 Å². The minimum Gasteiger partial charge on any atom is -0.327 e. The third kappa shape index (κ3) is 2.39. The lowest BCUT2D eigenvalue weighted by atomic mass is 10.1. The van der Waals surface area contributed by atoms with Gasteiger partial charge in [-0.15, -0.1) is 0 Å². The van der Waals surface area contributed by atoms with Crippen molar-refractivity contribution in [3.8, 4) is 0 Å². The van der Waals surface area contributed by atoms with Crippen LogP contribution in [0.25, 0.3) is 0 Å². The molecular weight excluding hydrogens is 300 g/mol. The number of rotatable bonds is 2. The average Bonchev–Trinajstić information content (AvgIpc) is 3.07. The highest BCUT2D eigenvalue weighted by Gasteiger charge is 2.41. The summed E-state index contributed by atoms with van der Waals surface area (Å²) >= 11 is 0. The maximum absolute atomic E-state index is 13.1. The van der Waals surface area contributed by atoms with Crippen LogP contribution >= 0.6 is 0 Å². The number of hydrogen-bond acceptors (Lipinski definition) is 2. The van der Waals surface area contributed by atoms with Crippen LogP contribution in [0.2, 0.25) is 0 Å². The predicted octanol–water partition coefficient (Wildman–Crippen LogP) is 3.15. The summed E-state index contributed by atoms with van der Waals surface area (Å²) in [6.45, 7) is 3.21. The monoisotopic (exact) mass is 320 g/mol. The van der Waals surface area contributed by atoms with E-state index in [1.807, 2.05) is 43.3 Å². The lowest BCUT2D eigenvalue weighted by Crippen LogP contribution is -2.44. The Morgan fingerprint density at radius 3 is 2.58 bits per heavy atom. The summed E-state index contributed by atoms with van der Waals surface area (Å²) in [5.41, 5.74) is 3.62.